The molecule has 76 valence electrons. The van der Waals surface area contributed by atoms with Crippen molar-refractivity contribution in [3.8, 4) is 0 Å². The predicted octanol–water partition coefficient (Wildman–Crippen LogP) is 1.83. The third-order valence-corrected chi connectivity index (χ3v) is 2.67. The number of ether oxygens (including phenoxy) is 1. The van der Waals surface area contributed by atoms with Crippen LogP contribution in [-0.2, 0) is 15.1 Å². The number of halogens is 1. The highest BCUT2D eigenvalue weighted by atomic mass is 79.9. The molecule has 0 heterocycles. The van der Waals surface area contributed by atoms with Crippen molar-refractivity contribution in [1.82, 2.24) is 0 Å². The highest BCUT2D eigenvalue weighted by molar-refractivity contribution is 9.10. The summed E-state index contributed by atoms with van der Waals surface area (Å²) in [4.78, 5) is 11.3. The molecule has 1 aromatic carbocycles. The summed E-state index contributed by atoms with van der Waals surface area (Å²) < 4.78 is 5.19. The van der Waals surface area contributed by atoms with E-state index in [2.05, 4.69) is 20.7 Å². The molecule has 0 fully saturated rings. The fourth-order valence-corrected chi connectivity index (χ4v) is 1.84. The Kier molecular flexibility index (Phi) is 3.29. The molecule has 0 bridgehead atoms. The number of hydrogen-bond donors (Lipinski definition) is 1. The molecule has 4 heteroatoms. The van der Waals surface area contributed by atoms with Crippen molar-refractivity contribution in [3.05, 3.63) is 34.3 Å². The highest BCUT2D eigenvalue weighted by Crippen LogP contribution is 2.28. The van der Waals surface area contributed by atoms with Gasteiger partial charge in [0.25, 0.3) is 0 Å². The lowest BCUT2D eigenvalue weighted by Gasteiger charge is -2.21. The van der Waals surface area contributed by atoms with Crippen LogP contribution in [0.5, 0.6) is 0 Å². The Hall–Kier alpha value is -0.870. The summed E-state index contributed by atoms with van der Waals surface area (Å²) >= 11 is 3.26. The van der Waals surface area contributed by atoms with Crippen LogP contribution in [0.25, 0.3) is 0 Å². The Bertz CT molecular complexity index is 347. The van der Waals surface area contributed by atoms with Crippen LogP contribution >= 0.6 is 15.9 Å². The van der Waals surface area contributed by atoms with Gasteiger partial charge < -0.3 is 9.84 Å². The molecule has 0 unspecified atom stereocenters. The number of aliphatic hydroxyl groups is 1. The molecule has 0 aliphatic heterocycles. The van der Waals surface area contributed by atoms with Gasteiger partial charge in [-0.1, -0.05) is 34.1 Å². The van der Waals surface area contributed by atoms with Gasteiger partial charge in [-0.3, -0.25) is 0 Å². The molecule has 0 saturated heterocycles. The standard InChI is InChI=1S/C10H11BrO3/c1-10(13,9(12)14-2)7-5-3-4-6-8(7)11/h3-6,13H,1-2H3/t10-/m1/s1. The second-order valence-electron chi connectivity index (χ2n) is 3.04. The number of carbonyl (C=O) groups excluding carboxylic acids is 1. The largest absolute Gasteiger partial charge is 0.467 e. The summed E-state index contributed by atoms with van der Waals surface area (Å²) in [5.41, 5.74) is -1.12. The van der Waals surface area contributed by atoms with Gasteiger partial charge in [-0.25, -0.2) is 4.79 Å². The molecule has 1 rings (SSSR count). The van der Waals surface area contributed by atoms with E-state index in [4.69, 9.17) is 0 Å². The van der Waals surface area contributed by atoms with E-state index in [0.29, 0.717) is 10.0 Å². The summed E-state index contributed by atoms with van der Waals surface area (Å²) in [6, 6.07) is 6.98. The second kappa shape index (κ2) is 4.11. The van der Waals surface area contributed by atoms with E-state index >= 15 is 0 Å². The van der Waals surface area contributed by atoms with Gasteiger partial charge in [0.2, 0.25) is 0 Å². The molecule has 0 aliphatic rings. The quantitative estimate of drug-likeness (QED) is 0.824. The molecule has 3 nitrogen and oxygen atoms in total. The van der Waals surface area contributed by atoms with Gasteiger partial charge in [0.05, 0.1) is 7.11 Å². The van der Waals surface area contributed by atoms with Crippen LogP contribution in [0.4, 0.5) is 0 Å². The molecule has 0 spiro atoms. The molecular weight excluding hydrogens is 248 g/mol. The van der Waals surface area contributed by atoms with Crippen molar-refractivity contribution in [3.63, 3.8) is 0 Å². The van der Waals surface area contributed by atoms with E-state index < -0.39 is 11.6 Å². The average Bonchev–Trinajstić information content (AvgIpc) is 2.17. The molecular formula is C10H11BrO3. The highest BCUT2D eigenvalue weighted by Gasteiger charge is 2.34. The van der Waals surface area contributed by atoms with E-state index in [1.807, 2.05) is 0 Å². The van der Waals surface area contributed by atoms with Crippen LogP contribution in [-0.4, -0.2) is 18.2 Å². The normalized spacial score (nSPS) is 14.6. The molecule has 14 heavy (non-hydrogen) atoms. The molecule has 0 radical (unpaired) electrons. The van der Waals surface area contributed by atoms with Gasteiger partial charge in [0, 0.05) is 10.0 Å². The Balaban J connectivity index is 3.16. The zero-order valence-corrected chi connectivity index (χ0v) is 9.54. The third kappa shape index (κ3) is 1.96. The van der Waals surface area contributed by atoms with E-state index in [-0.39, 0.29) is 0 Å². The minimum Gasteiger partial charge on any atom is -0.467 e. The molecule has 0 aromatic heterocycles. The summed E-state index contributed by atoms with van der Waals surface area (Å²) in [6.45, 7) is 1.40. The van der Waals surface area contributed by atoms with Crippen LogP contribution in [0.2, 0.25) is 0 Å². The van der Waals surface area contributed by atoms with Gasteiger partial charge in [0.15, 0.2) is 5.60 Å². The number of benzene rings is 1. The van der Waals surface area contributed by atoms with Crippen molar-refractivity contribution in [1.29, 1.82) is 0 Å². The Morgan fingerprint density at radius 1 is 1.50 bits per heavy atom. The number of esters is 1. The first-order valence-electron chi connectivity index (χ1n) is 4.06. The molecule has 0 saturated carbocycles. The number of carbonyl (C=O) groups is 1. The maximum absolute atomic E-state index is 11.3. The van der Waals surface area contributed by atoms with E-state index in [9.17, 15) is 9.90 Å². The van der Waals surface area contributed by atoms with Gasteiger partial charge in [-0.2, -0.15) is 0 Å². The van der Waals surface area contributed by atoms with Gasteiger partial charge in [-0.05, 0) is 13.0 Å². The van der Waals surface area contributed by atoms with Crippen LogP contribution in [0, 0.1) is 0 Å². The lowest BCUT2D eigenvalue weighted by molar-refractivity contribution is -0.161. The second-order valence-corrected chi connectivity index (χ2v) is 3.90. The first-order valence-corrected chi connectivity index (χ1v) is 4.85. The smallest absolute Gasteiger partial charge is 0.342 e. The lowest BCUT2D eigenvalue weighted by atomic mass is 9.96. The van der Waals surface area contributed by atoms with E-state index in [1.165, 1.54) is 14.0 Å². The lowest BCUT2D eigenvalue weighted by Crippen LogP contribution is -2.33. The maximum Gasteiger partial charge on any atom is 0.342 e. The molecule has 1 atom stereocenters. The minimum atomic E-state index is -1.62. The van der Waals surface area contributed by atoms with Crippen LogP contribution in [0.3, 0.4) is 0 Å². The van der Waals surface area contributed by atoms with Gasteiger partial charge >= 0.3 is 5.97 Å². The first-order chi connectivity index (χ1) is 6.50. The van der Waals surface area contributed by atoms with E-state index in [0.717, 1.165) is 0 Å². The Morgan fingerprint density at radius 2 is 2.07 bits per heavy atom. The minimum absolute atomic E-state index is 0.492. The summed E-state index contributed by atoms with van der Waals surface area (Å²) in [6.07, 6.45) is 0. The zero-order valence-electron chi connectivity index (χ0n) is 7.95. The fourth-order valence-electron chi connectivity index (χ4n) is 1.16. The molecule has 0 aliphatic carbocycles. The maximum atomic E-state index is 11.3. The van der Waals surface area contributed by atoms with Crippen molar-refractivity contribution < 1.29 is 14.6 Å². The van der Waals surface area contributed by atoms with Crippen LogP contribution in [0.15, 0.2) is 28.7 Å². The van der Waals surface area contributed by atoms with Crippen molar-refractivity contribution in [2.75, 3.05) is 7.11 Å². The first kappa shape index (κ1) is 11.2. The van der Waals surface area contributed by atoms with Crippen LogP contribution in [0.1, 0.15) is 12.5 Å². The molecule has 1 aromatic rings. The Labute approximate surface area is 90.8 Å². The summed E-state index contributed by atoms with van der Waals surface area (Å²) in [5, 5.41) is 9.93. The van der Waals surface area contributed by atoms with Gasteiger partial charge in [-0.15, -0.1) is 0 Å². The summed E-state index contributed by atoms with van der Waals surface area (Å²) in [7, 11) is 1.24. The number of methoxy groups -OCH3 is 1. The summed E-state index contributed by atoms with van der Waals surface area (Å²) in [5.74, 6) is -0.676. The Morgan fingerprint density at radius 3 is 2.57 bits per heavy atom. The monoisotopic (exact) mass is 258 g/mol. The van der Waals surface area contributed by atoms with Gasteiger partial charge in [0.1, 0.15) is 0 Å². The zero-order chi connectivity index (χ0) is 10.8. The number of hydrogen-bond acceptors (Lipinski definition) is 3. The average molecular weight is 259 g/mol. The third-order valence-electron chi connectivity index (χ3n) is 1.98. The molecule has 1 N–H and O–H groups in total. The topological polar surface area (TPSA) is 46.5 Å². The SMILES string of the molecule is COC(=O)[C@](C)(O)c1ccccc1Br. The fraction of sp³-hybridized carbons (Fsp3) is 0.300. The van der Waals surface area contributed by atoms with Crippen LogP contribution < -0.4 is 0 Å². The molecule has 0 amide bonds. The van der Waals surface area contributed by atoms with E-state index in [1.54, 1.807) is 24.3 Å². The predicted molar refractivity (Wildman–Crippen MR) is 55.7 cm³/mol. The van der Waals surface area contributed by atoms with Crippen molar-refractivity contribution in [2.45, 2.75) is 12.5 Å². The van der Waals surface area contributed by atoms with Crippen molar-refractivity contribution in [2.24, 2.45) is 0 Å². The van der Waals surface area contributed by atoms with Crippen molar-refractivity contribution >= 4 is 21.9 Å². The number of rotatable bonds is 2.